The van der Waals surface area contributed by atoms with Crippen molar-refractivity contribution in [3.8, 4) is 5.75 Å². The zero-order valence-corrected chi connectivity index (χ0v) is 16.5. The highest BCUT2D eigenvalue weighted by atomic mass is 16.5. The highest BCUT2D eigenvalue weighted by molar-refractivity contribution is 5.87. The van der Waals surface area contributed by atoms with Gasteiger partial charge < -0.3 is 9.47 Å². The first-order chi connectivity index (χ1) is 14.3. The molecule has 0 N–H and O–H groups in total. The summed E-state index contributed by atoms with van der Waals surface area (Å²) in [5.74, 6) is 1.06. The maximum absolute atomic E-state index is 12.7. The molecule has 3 nitrogen and oxygen atoms in total. The SMILES string of the molecule is O=C1CC(OCc2ccccc2)CCC1c1ccc(OCc2ccccc2)cc1. The Labute approximate surface area is 172 Å². The molecule has 29 heavy (non-hydrogen) atoms. The minimum atomic E-state index is -0.0326. The molecule has 0 aliphatic heterocycles. The Kier molecular flexibility index (Phi) is 6.38. The average molecular weight is 386 g/mol. The van der Waals surface area contributed by atoms with E-state index in [0.717, 1.165) is 35.3 Å². The molecule has 0 bridgehead atoms. The lowest BCUT2D eigenvalue weighted by Gasteiger charge is -2.28. The third-order valence-corrected chi connectivity index (χ3v) is 5.45. The largest absolute Gasteiger partial charge is 0.489 e. The lowest BCUT2D eigenvalue weighted by atomic mass is 9.81. The van der Waals surface area contributed by atoms with E-state index in [4.69, 9.17) is 9.47 Å². The fraction of sp³-hybridized carbons (Fsp3) is 0.269. The quantitative estimate of drug-likeness (QED) is 0.523. The summed E-state index contributed by atoms with van der Waals surface area (Å²) in [6.07, 6.45) is 2.26. The van der Waals surface area contributed by atoms with Crippen LogP contribution >= 0.6 is 0 Å². The Hall–Kier alpha value is -2.91. The maximum atomic E-state index is 12.7. The van der Waals surface area contributed by atoms with Crippen LogP contribution in [0.2, 0.25) is 0 Å². The number of ether oxygens (including phenoxy) is 2. The van der Waals surface area contributed by atoms with Crippen molar-refractivity contribution in [2.75, 3.05) is 0 Å². The molecule has 148 valence electrons. The van der Waals surface area contributed by atoms with Crippen LogP contribution in [0.4, 0.5) is 0 Å². The summed E-state index contributed by atoms with van der Waals surface area (Å²) in [7, 11) is 0. The van der Waals surface area contributed by atoms with E-state index >= 15 is 0 Å². The average Bonchev–Trinajstić information content (AvgIpc) is 2.78. The summed E-state index contributed by atoms with van der Waals surface area (Å²) in [6.45, 7) is 1.11. The van der Waals surface area contributed by atoms with E-state index in [-0.39, 0.29) is 17.8 Å². The summed E-state index contributed by atoms with van der Waals surface area (Å²) in [4.78, 5) is 12.7. The smallest absolute Gasteiger partial charge is 0.142 e. The topological polar surface area (TPSA) is 35.5 Å². The van der Waals surface area contributed by atoms with Crippen molar-refractivity contribution in [1.29, 1.82) is 0 Å². The highest BCUT2D eigenvalue weighted by Gasteiger charge is 2.30. The van der Waals surface area contributed by atoms with Gasteiger partial charge in [-0.1, -0.05) is 72.8 Å². The van der Waals surface area contributed by atoms with Crippen LogP contribution in [-0.2, 0) is 22.7 Å². The van der Waals surface area contributed by atoms with Crippen LogP contribution in [0.25, 0.3) is 0 Å². The van der Waals surface area contributed by atoms with Gasteiger partial charge in [0.2, 0.25) is 0 Å². The molecule has 1 fully saturated rings. The fourth-order valence-electron chi connectivity index (χ4n) is 3.80. The molecule has 3 heteroatoms. The first kappa shape index (κ1) is 19.4. The number of hydrogen-bond donors (Lipinski definition) is 0. The van der Waals surface area contributed by atoms with Crippen LogP contribution in [0, 0.1) is 0 Å². The molecule has 0 aromatic heterocycles. The zero-order chi connectivity index (χ0) is 19.9. The van der Waals surface area contributed by atoms with Crippen LogP contribution in [0.3, 0.4) is 0 Å². The molecule has 2 atom stereocenters. The minimum absolute atomic E-state index is 0.0208. The van der Waals surface area contributed by atoms with E-state index in [2.05, 4.69) is 12.1 Å². The van der Waals surface area contributed by atoms with Crippen molar-refractivity contribution in [3.63, 3.8) is 0 Å². The lowest BCUT2D eigenvalue weighted by Crippen LogP contribution is -2.28. The molecule has 4 rings (SSSR count). The predicted molar refractivity (Wildman–Crippen MR) is 114 cm³/mol. The summed E-state index contributed by atoms with van der Waals surface area (Å²) < 4.78 is 11.8. The van der Waals surface area contributed by atoms with Crippen LogP contribution in [0.5, 0.6) is 5.75 Å². The number of ketones is 1. The van der Waals surface area contributed by atoms with Gasteiger partial charge in [-0.3, -0.25) is 4.79 Å². The molecule has 0 amide bonds. The molecular weight excluding hydrogens is 360 g/mol. The van der Waals surface area contributed by atoms with Crippen molar-refractivity contribution in [1.82, 2.24) is 0 Å². The second-order valence-electron chi connectivity index (χ2n) is 7.56. The lowest BCUT2D eigenvalue weighted by molar-refractivity contribution is -0.126. The Balaban J connectivity index is 1.28. The summed E-state index contributed by atoms with van der Waals surface area (Å²) in [5, 5.41) is 0. The van der Waals surface area contributed by atoms with E-state index in [1.165, 1.54) is 0 Å². The number of Topliss-reactive ketones (excluding diaryl/α,β-unsaturated/α-hetero) is 1. The number of hydrogen-bond acceptors (Lipinski definition) is 3. The number of benzene rings is 3. The summed E-state index contributed by atoms with van der Waals surface area (Å²) in [6, 6.07) is 28.2. The molecule has 3 aromatic rings. The van der Waals surface area contributed by atoms with Crippen LogP contribution in [-0.4, -0.2) is 11.9 Å². The molecular formula is C26H26O3. The molecule has 0 radical (unpaired) electrons. The highest BCUT2D eigenvalue weighted by Crippen LogP contribution is 2.32. The number of carbonyl (C=O) groups excluding carboxylic acids is 1. The molecule has 3 aromatic carbocycles. The van der Waals surface area contributed by atoms with Crippen LogP contribution in [0.15, 0.2) is 84.9 Å². The standard InChI is InChI=1S/C26H26O3/c27-26-17-24(29-19-21-9-5-2-6-10-21)15-16-25(26)22-11-13-23(14-12-22)28-18-20-7-3-1-4-8-20/h1-14,24-25H,15-19H2. The predicted octanol–water partition coefficient (Wildman–Crippen LogP) is 5.69. The van der Waals surface area contributed by atoms with Gasteiger partial charge in [-0.05, 0) is 41.7 Å². The van der Waals surface area contributed by atoms with Gasteiger partial charge in [-0.15, -0.1) is 0 Å². The van der Waals surface area contributed by atoms with Gasteiger partial charge in [0, 0.05) is 12.3 Å². The van der Waals surface area contributed by atoms with E-state index in [9.17, 15) is 4.79 Å². The minimum Gasteiger partial charge on any atom is -0.489 e. The fourth-order valence-corrected chi connectivity index (χ4v) is 3.80. The van der Waals surface area contributed by atoms with E-state index in [0.29, 0.717) is 19.6 Å². The van der Waals surface area contributed by atoms with Crippen molar-refractivity contribution in [2.45, 2.75) is 44.5 Å². The van der Waals surface area contributed by atoms with Crippen molar-refractivity contribution in [3.05, 3.63) is 102 Å². The van der Waals surface area contributed by atoms with Crippen molar-refractivity contribution in [2.24, 2.45) is 0 Å². The Morgan fingerprint density at radius 1 is 0.724 bits per heavy atom. The second-order valence-corrected chi connectivity index (χ2v) is 7.56. The molecule has 1 saturated carbocycles. The molecule has 2 unspecified atom stereocenters. The Morgan fingerprint density at radius 3 is 1.97 bits per heavy atom. The van der Waals surface area contributed by atoms with Crippen LogP contribution in [0.1, 0.15) is 41.9 Å². The van der Waals surface area contributed by atoms with Gasteiger partial charge in [0.1, 0.15) is 18.1 Å². The van der Waals surface area contributed by atoms with Gasteiger partial charge in [-0.25, -0.2) is 0 Å². The maximum Gasteiger partial charge on any atom is 0.142 e. The molecule has 0 saturated heterocycles. The zero-order valence-electron chi connectivity index (χ0n) is 16.5. The van der Waals surface area contributed by atoms with Gasteiger partial charge in [0.25, 0.3) is 0 Å². The van der Waals surface area contributed by atoms with Gasteiger partial charge in [0.05, 0.1) is 12.7 Å². The van der Waals surface area contributed by atoms with Gasteiger partial charge in [0.15, 0.2) is 0 Å². The Morgan fingerprint density at radius 2 is 1.34 bits per heavy atom. The monoisotopic (exact) mass is 386 g/mol. The van der Waals surface area contributed by atoms with Gasteiger partial charge >= 0.3 is 0 Å². The summed E-state index contributed by atoms with van der Waals surface area (Å²) >= 11 is 0. The Bertz CT molecular complexity index is 904. The molecule has 1 aliphatic carbocycles. The first-order valence-corrected chi connectivity index (χ1v) is 10.2. The summed E-state index contributed by atoms with van der Waals surface area (Å²) in [5.41, 5.74) is 3.36. The number of rotatable bonds is 7. The van der Waals surface area contributed by atoms with E-state index in [1.54, 1.807) is 0 Å². The first-order valence-electron chi connectivity index (χ1n) is 10.2. The van der Waals surface area contributed by atoms with E-state index < -0.39 is 0 Å². The molecule has 0 heterocycles. The third kappa shape index (κ3) is 5.33. The second kappa shape index (κ2) is 9.53. The van der Waals surface area contributed by atoms with Gasteiger partial charge in [-0.2, -0.15) is 0 Å². The normalized spacial score (nSPS) is 19.1. The van der Waals surface area contributed by atoms with Crippen molar-refractivity contribution >= 4 is 5.78 Å². The molecule has 1 aliphatic rings. The van der Waals surface area contributed by atoms with Crippen LogP contribution < -0.4 is 4.74 Å². The van der Waals surface area contributed by atoms with Crippen molar-refractivity contribution < 1.29 is 14.3 Å². The number of carbonyl (C=O) groups is 1. The molecule has 0 spiro atoms. The van der Waals surface area contributed by atoms with E-state index in [1.807, 2.05) is 72.8 Å². The third-order valence-electron chi connectivity index (χ3n) is 5.45.